The van der Waals surface area contributed by atoms with E-state index in [9.17, 15) is 4.79 Å². The van der Waals surface area contributed by atoms with Crippen molar-refractivity contribution in [2.75, 3.05) is 13.2 Å². The molecule has 1 rings (SSSR count). The maximum absolute atomic E-state index is 11.9. The highest BCUT2D eigenvalue weighted by Gasteiger charge is 2.31. The van der Waals surface area contributed by atoms with E-state index in [1.165, 1.54) is 0 Å². The van der Waals surface area contributed by atoms with Crippen LogP contribution in [0.1, 0.15) is 40.5 Å². The van der Waals surface area contributed by atoms with Gasteiger partial charge in [-0.1, -0.05) is 27.7 Å². The molecule has 1 saturated heterocycles. The van der Waals surface area contributed by atoms with Gasteiger partial charge in [-0.05, 0) is 18.3 Å². The Morgan fingerprint density at radius 2 is 2.00 bits per heavy atom. The third-order valence-electron chi connectivity index (χ3n) is 2.92. The molecule has 0 N–H and O–H groups in total. The van der Waals surface area contributed by atoms with Crippen LogP contribution in [0, 0.1) is 11.3 Å². The summed E-state index contributed by atoms with van der Waals surface area (Å²) in [5, 5.41) is 1.54. The summed E-state index contributed by atoms with van der Waals surface area (Å²) in [6.07, 6.45) is 2.12. The quantitative estimate of drug-likeness (QED) is 0.648. The third kappa shape index (κ3) is 2.71. The fourth-order valence-corrected chi connectivity index (χ4v) is 1.36. The van der Waals surface area contributed by atoms with Crippen LogP contribution in [0.4, 0.5) is 0 Å². The summed E-state index contributed by atoms with van der Waals surface area (Å²) in [5.41, 5.74) is 0.0118. The van der Waals surface area contributed by atoms with Gasteiger partial charge in [-0.3, -0.25) is 9.63 Å². The normalized spacial score (nSPS) is 20.7. The maximum atomic E-state index is 11.9. The second-order valence-electron chi connectivity index (χ2n) is 5.07. The van der Waals surface area contributed by atoms with Crippen molar-refractivity contribution >= 4 is 5.91 Å². The lowest BCUT2D eigenvalue weighted by atomic mass is 9.81. The van der Waals surface area contributed by atoms with Crippen LogP contribution in [0.2, 0.25) is 0 Å². The van der Waals surface area contributed by atoms with Crippen LogP contribution < -0.4 is 0 Å². The highest BCUT2D eigenvalue weighted by Crippen LogP contribution is 2.27. The van der Waals surface area contributed by atoms with E-state index in [4.69, 9.17) is 4.84 Å². The number of carbonyl (C=O) groups is 1. The lowest BCUT2D eigenvalue weighted by Crippen LogP contribution is -2.42. The van der Waals surface area contributed by atoms with E-state index < -0.39 is 0 Å². The molecule has 1 unspecified atom stereocenters. The van der Waals surface area contributed by atoms with Gasteiger partial charge in [0, 0.05) is 12.5 Å². The predicted molar refractivity (Wildman–Crippen MR) is 55.5 cm³/mol. The maximum Gasteiger partial charge on any atom is 0.249 e. The van der Waals surface area contributed by atoms with Crippen molar-refractivity contribution in [3.05, 3.63) is 0 Å². The standard InChI is InChI=1S/C11H21NO2/c1-9(11(2,3)4)10(13)12-7-5-6-8-14-12/h9H,5-8H2,1-4H3. The summed E-state index contributed by atoms with van der Waals surface area (Å²) in [4.78, 5) is 17.3. The highest BCUT2D eigenvalue weighted by atomic mass is 16.7. The number of amides is 1. The van der Waals surface area contributed by atoms with Gasteiger partial charge in [0.1, 0.15) is 0 Å². The van der Waals surface area contributed by atoms with Crippen LogP contribution in [0.3, 0.4) is 0 Å². The lowest BCUT2D eigenvalue weighted by Gasteiger charge is -2.33. The Balaban J connectivity index is 2.55. The van der Waals surface area contributed by atoms with Crippen molar-refractivity contribution in [2.45, 2.75) is 40.5 Å². The van der Waals surface area contributed by atoms with Gasteiger partial charge in [0.15, 0.2) is 0 Å². The number of hydrogen-bond donors (Lipinski definition) is 0. The molecule has 0 radical (unpaired) electrons. The Bertz CT molecular complexity index is 202. The molecule has 82 valence electrons. The monoisotopic (exact) mass is 199 g/mol. The second-order valence-corrected chi connectivity index (χ2v) is 5.07. The number of hydrogen-bond acceptors (Lipinski definition) is 2. The Morgan fingerprint density at radius 3 is 2.43 bits per heavy atom. The molecule has 0 aromatic carbocycles. The van der Waals surface area contributed by atoms with Gasteiger partial charge < -0.3 is 0 Å². The first kappa shape index (κ1) is 11.5. The van der Waals surface area contributed by atoms with E-state index in [2.05, 4.69) is 20.8 Å². The molecule has 3 nitrogen and oxygen atoms in total. The molecule has 0 aromatic heterocycles. The average molecular weight is 199 g/mol. The zero-order valence-electron chi connectivity index (χ0n) is 9.67. The molecule has 0 bridgehead atoms. The van der Waals surface area contributed by atoms with Crippen molar-refractivity contribution in [1.82, 2.24) is 5.06 Å². The summed E-state index contributed by atoms with van der Waals surface area (Å²) >= 11 is 0. The zero-order valence-corrected chi connectivity index (χ0v) is 9.67. The van der Waals surface area contributed by atoms with E-state index >= 15 is 0 Å². The summed E-state index contributed by atoms with van der Waals surface area (Å²) < 4.78 is 0. The molecule has 1 amide bonds. The van der Waals surface area contributed by atoms with Gasteiger partial charge in [-0.15, -0.1) is 0 Å². The third-order valence-corrected chi connectivity index (χ3v) is 2.92. The number of rotatable bonds is 1. The topological polar surface area (TPSA) is 29.5 Å². The fourth-order valence-electron chi connectivity index (χ4n) is 1.36. The van der Waals surface area contributed by atoms with Crippen molar-refractivity contribution in [2.24, 2.45) is 11.3 Å². The van der Waals surface area contributed by atoms with Crippen LogP contribution in [-0.4, -0.2) is 24.1 Å². The number of hydroxylamine groups is 2. The minimum Gasteiger partial charge on any atom is -0.272 e. The Kier molecular flexibility index (Phi) is 3.53. The molecule has 0 aromatic rings. The summed E-state index contributed by atoms with van der Waals surface area (Å²) in [6.45, 7) is 9.65. The van der Waals surface area contributed by atoms with E-state index in [0.717, 1.165) is 19.4 Å². The zero-order chi connectivity index (χ0) is 10.8. The van der Waals surface area contributed by atoms with Crippen LogP contribution in [0.25, 0.3) is 0 Å². The first-order valence-electron chi connectivity index (χ1n) is 5.37. The van der Waals surface area contributed by atoms with Gasteiger partial charge in [0.05, 0.1) is 6.61 Å². The highest BCUT2D eigenvalue weighted by molar-refractivity contribution is 5.78. The Hall–Kier alpha value is -0.570. The molecular formula is C11H21NO2. The molecule has 1 aliphatic heterocycles. The SMILES string of the molecule is CC(C(=O)N1CCCCO1)C(C)(C)C. The summed E-state index contributed by atoms with van der Waals surface area (Å²) in [7, 11) is 0. The van der Waals surface area contributed by atoms with E-state index in [1.54, 1.807) is 5.06 Å². The van der Waals surface area contributed by atoms with Crippen molar-refractivity contribution in [3.8, 4) is 0 Å². The van der Waals surface area contributed by atoms with Crippen LogP contribution in [0.15, 0.2) is 0 Å². The molecule has 14 heavy (non-hydrogen) atoms. The second kappa shape index (κ2) is 4.30. The number of carbonyl (C=O) groups excluding carboxylic acids is 1. The first-order valence-corrected chi connectivity index (χ1v) is 5.37. The average Bonchev–Trinajstić information content (AvgIpc) is 2.15. The van der Waals surface area contributed by atoms with Gasteiger partial charge in [0.25, 0.3) is 0 Å². The molecular weight excluding hydrogens is 178 g/mol. The lowest BCUT2D eigenvalue weighted by molar-refractivity contribution is -0.203. The van der Waals surface area contributed by atoms with Gasteiger partial charge in [-0.25, -0.2) is 5.06 Å². The van der Waals surface area contributed by atoms with E-state index in [-0.39, 0.29) is 17.2 Å². The molecule has 1 aliphatic rings. The summed E-state index contributed by atoms with van der Waals surface area (Å²) in [6, 6.07) is 0. The van der Waals surface area contributed by atoms with Crippen molar-refractivity contribution in [3.63, 3.8) is 0 Å². The largest absolute Gasteiger partial charge is 0.272 e. The first-order chi connectivity index (χ1) is 6.43. The fraction of sp³-hybridized carbons (Fsp3) is 0.909. The molecule has 3 heteroatoms. The smallest absolute Gasteiger partial charge is 0.249 e. The minimum absolute atomic E-state index is 0.0118. The molecule has 0 aliphatic carbocycles. The van der Waals surface area contributed by atoms with Crippen LogP contribution in [-0.2, 0) is 9.63 Å². The van der Waals surface area contributed by atoms with Crippen LogP contribution in [0.5, 0.6) is 0 Å². The van der Waals surface area contributed by atoms with Crippen LogP contribution >= 0.6 is 0 Å². The summed E-state index contributed by atoms with van der Waals surface area (Å²) in [5.74, 6) is 0.137. The molecule has 0 saturated carbocycles. The van der Waals surface area contributed by atoms with Gasteiger partial charge >= 0.3 is 0 Å². The molecule has 1 fully saturated rings. The predicted octanol–water partition coefficient (Wildman–Crippen LogP) is 2.22. The molecule has 1 heterocycles. The van der Waals surface area contributed by atoms with E-state index in [1.807, 2.05) is 6.92 Å². The van der Waals surface area contributed by atoms with Crippen molar-refractivity contribution < 1.29 is 9.63 Å². The van der Waals surface area contributed by atoms with Gasteiger partial charge in [0.2, 0.25) is 5.91 Å². The van der Waals surface area contributed by atoms with Gasteiger partial charge in [-0.2, -0.15) is 0 Å². The van der Waals surface area contributed by atoms with Crippen molar-refractivity contribution in [1.29, 1.82) is 0 Å². The van der Waals surface area contributed by atoms with E-state index in [0.29, 0.717) is 6.61 Å². The molecule has 0 spiro atoms. The molecule has 1 atom stereocenters. The Labute approximate surface area is 86.4 Å². The number of nitrogens with zero attached hydrogens (tertiary/aromatic N) is 1. The minimum atomic E-state index is 0.0118. The Morgan fingerprint density at radius 1 is 1.36 bits per heavy atom.